The van der Waals surface area contributed by atoms with E-state index in [1.807, 2.05) is 58.0 Å². The Balaban J connectivity index is 1.61. The summed E-state index contributed by atoms with van der Waals surface area (Å²) in [5.74, 6) is 1.22. The summed E-state index contributed by atoms with van der Waals surface area (Å²) in [7, 11) is 0. The molecule has 2 aromatic rings. The molecule has 0 atom stereocenters. The van der Waals surface area contributed by atoms with E-state index in [9.17, 15) is 9.59 Å². The van der Waals surface area contributed by atoms with Gasteiger partial charge in [-0.2, -0.15) is 0 Å². The minimum atomic E-state index is -0.104. The van der Waals surface area contributed by atoms with E-state index in [1.165, 1.54) is 11.8 Å². The van der Waals surface area contributed by atoms with Crippen molar-refractivity contribution in [2.75, 3.05) is 39.5 Å². The van der Waals surface area contributed by atoms with E-state index in [2.05, 4.69) is 22.6 Å². The van der Waals surface area contributed by atoms with Crippen LogP contribution >= 0.6 is 34.4 Å². The van der Waals surface area contributed by atoms with Gasteiger partial charge in [0.2, 0.25) is 0 Å². The molecular formula is C28H32IN3O5S. The van der Waals surface area contributed by atoms with Crippen LogP contribution in [0.1, 0.15) is 43.6 Å². The molecule has 0 saturated carbocycles. The molecule has 0 radical (unpaired) electrons. The zero-order valence-corrected chi connectivity index (χ0v) is 25.0. The van der Waals surface area contributed by atoms with E-state index < -0.39 is 0 Å². The van der Waals surface area contributed by atoms with Crippen molar-refractivity contribution >= 4 is 63.1 Å². The van der Waals surface area contributed by atoms with Gasteiger partial charge in [-0.25, -0.2) is 4.99 Å². The largest absolute Gasteiger partial charge is 0.490 e. The van der Waals surface area contributed by atoms with Crippen molar-refractivity contribution in [3.05, 3.63) is 56.0 Å². The number of amidine groups is 1. The van der Waals surface area contributed by atoms with Crippen LogP contribution in [0, 0.1) is 3.57 Å². The monoisotopic (exact) mass is 649 g/mol. The van der Waals surface area contributed by atoms with Crippen LogP contribution in [0.5, 0.6) is 11.5 Å². The highest BCUT2D eigenvalue weighted by atomic mass is 127. The van der Waals surface area contributed by atoms with Gasteiger partial charge in [-0.1, -0.05) is 6.07 Å². The van der Waals surface area contributed by atoms with Crippen LogP contribution in [0.15, 0.2) is 46.3 Å². The van der Waals surface area contributed by atoms with Gasteiger partial charge in [0, 0.05) is 25.2 Å². The SMILES string of the molecule is CCOc1cc(/C=C2/SC(=Nc3cccc(C(=O)N4CCOCC4)c3)N(CC)C2=O)cc(I)c1OC(C)C. The van der Waals surface area contributed by atoms with Crippen LogP contribution in [-0.2, 0) is 9.53 Å². The van der Waals surface area contributed by atoms with Crippen LogP contribution in [-0.4, -0.2) is 72.3 Å². The van der Waals surface area contributed by atoms with Gasteiger partial charge in [-0.3, -0.25) is 14.5 Å². The lowest BCUT2D eigenvalue weighted by molar-refractivity contribution is -0.122. The number of halogens is 1. The maximum absolute atomic E-state index is 13.3. The van der Waals surface area contributed by atoms with E-state index >= 15 is 0 Å². The van der Waals surface area contributed by atoms with E-state index in [1.54, 1.807) is 21.9 Å². The van der Waals surface area contributed by atoms with Crippen molar-refractivity contribution in [1.29, 1.82) is 0 Å². The van der Waals surface area contributed by atoms with Crippen molar-refractivity contribution in [3.63, 3.8) is 0 Å². The van der Waals surface area contributed by atoms with Crippen molar-refractivity contribution in [2.24, 2.45) is 4.99 Å². The fraction of sp³-hybridized carbons (Fsp3) is 0.393. The molecule has 38 heavy (non-hydrogen) atoms. The molecule has 2 heterocycles. The van der Waals surface area contributed by atoms with E-state index in [0.717, 1.165) is 9.13 Å². The Morgan fingerprint density at radius 2 is 1.97 bits per heavy atom. The molecule has 2 aliphatic heterocycles. The smallest absolute Gasteiger partial charge is 0.266 e. The third-order valence-electron chi connectivity index (χ3n) is 5.80. The number of benzene rings is 2. The molecule has 0 unspecified atom stereocenters. The number of nitrogens with zero attached hydrogens (tertiary/aromatic N) is 3. The molecule has 2 fully saturated rings. The van der Waals surface area contributed by atoms with Crippen molar-refractivity contribution in [1.82, 2.24) is 9.80 Å². The molecule has 2 aromatic carbocycles. The van der Waals surface area contributed by atoms with Crippen LogP contribution in [0.2, 0.25) is 0 Å². The Morgan fingerprint density at radius 3 is 2.66 bits per heavy atom. The van der Waals surface area contributed by atoms with Gasteiger partial charge in [0.15, 0.2) is 16.7 Å². The maximum Gasteiger partial charge on any atom is 0.266 e. The number of rotatable bonds is 8. The standard InChI is InChI=1S/C28H32IN3O5S/c1-5-32-27(34)24(16-19-14-22(29)25(37-18(3)4)23(15-19)36-6-2)38-28(32)30-21-9-7-8-20(17-21)26(33)31-10-12-35-13-11-31/h7-9,14-18H,5-6,10-13H2,1-4H3/b24-16+,30-28?. The second kappa shape index (κ2) is 13.0. The molecule has 202 valence electrons. The number of likely N-dealkylation sites (N-methyl/N-ethyl adjacent to an activating group) is 1. The molecule has 2 saturated heterocycles. The summed E-state index contributed by atoms with van der Waals surface area (Å²) in [5.41, 5.74) is 2.05. The zero-order valence-electron chi connectivity index (χ0n) is 22.0. The quantitative estimate of drug-likeness (QED) is 0.275. The summed E-state index contributed by atoms with van der Waals surface area (Å²) in [6.07, 6.45) is 1.87. The molecule has 2 amide bonds. The lowest BCUT2D eigenvalue weighted by Gasteiger charge is -2.26. The van der Waals surface area contributed by atoms with E-state index in [-0.39, 0.29) is 17.9 Å². The third-order valence-corrected chi connectivity index (χ3v) is 7.61. The Labute approximate surface area is 241 Å². The summed E-state index contributed by atoms with van der Waals surface area (Å²) < 4.78 is 18.1. The Kier molecular flexibility index (Phi) is 9.72. The van der Waals surface area contributed by atoms with Crippen molar-refractivity contribution in [3.8, 4) is 11.5 Å². The Bertz CT molecular complexity index is 1260. The summed E-state index contributed by atoms with van der Waals surface area (Å²) >= 11 is 3.56. The first-order valence-electron chi connectivity index (χ1n) is 12.7. The van der Waals surface area contributed by atoms with Gasteiger partial charge in [0.25, 0.3) is 11.8 Å². The molecule has 2 aliphatic rings. The highest BCUT2D eigenvalue weighted by Crippen LogP contribution is 2.38. The van der Waals surface area contributed by atoms with E-state index in [0.29, 0.717) is 72.3 Å². The molecule has 0 aliphatic carbocycles. The van der Waals surface area contributed by atoms with Gasteiger partial charge in [0.05, 0.1) is 40.1 Å². The molecule has 10 heteroatoms. The molecule has 0 spiro atoms. The van der Waals surface area contributed by atoms with Crippen LogP contribution in [0.3, 0.4) is 0 Å². The molecule has 4 rings (SSSR count). The minimum Gasteiger partial charge on any atom is -0.490 e. The van der Waals surface area contributed by atoms with Gasteiger partial charge in [0.1, 0.15) is 0 Å². The Hall–Kier alpha value is -2.57. The highest BCUT2D eigenvalue weighted by molar-refractivity contribution is 14.1. The van der Waals surface area contributed by atoms with Crippen molar-refractivity contribution in [2.45, 2.75) is 33.8 Å². The fourth-order valence-corrected chi connectivity index (χ4v) is 5.89. The molecule has 8 nitrogen and oxygen atoms in total. The van der Waals surface area contributed by atoms with E-state index in [4.69, 9.17) is 19.2 Å². The summed E-state index contributed by atoms with van der Waals surface area (Å²) in [6, 6.07) is 11.1. The van der Waals surface area contributed by atoms with Crippen LogP contribution in [0.4, 0.5) is 5.69 Å². The first kappa shape index (κ1) is 28.4. The number of ether oxygens (including phenoxy) is 3. The first-order valence-corrected chi connectivity index (χ1v) is 14.6. The second-order valence-corrected chi connectivity index (χ2v) is 11.1. The molecule has 0 N–H and O–H groups in total. The minimum absolute atomic E-state index is 0.0124. The number of hydrogen-bond donors (Lipinski definition) is 0. The second-order valence-electron chi connectivity index (χ2n) is 8.94. The number of carbonyl (C=O) groups is 2. The number of amides is 2. The number of morpholine rings is 1. The predicted molar refractivity (Wildman–Crippen MR) is 159 cm³/mol. The Morgan fingerprint density at radius 1 is 1.21 bits per heavy atom. The number of thioether (sulfide) groups is 1. The lowest BCUT2D eigenvalue weighted by atomic mass is 10.1. The van der Waals surface area contributed by atoms with Gasteiger partial charge < -0.3 is 19.1 Å². The average Bonchev–Trinajstić information content (AvgIpc) is 3.19. The average molecular weight is 650 g/mol. The maximum atomic E-state index is 13.3. The first-order chi connectivity index (χ1) is 18.3. The molecule has 0 aromatic heterocycles. The van der Waals surface area contributed by atoms with Crippen molar-refractivity contribution < 1.29 is 23.8 Å². The summed E-state index contributed by atoms with van der Waals surface area (Å²) in [6.45, 7) is 11.0. The highest BCUT2D eigenvalue weighted by Gasteiger charge is 2.32. The fourth-order valence-electron chi connectivity index (χ4n) is 4.07. The number of hydrogen-bond acceptors (Lipinski definition) is 7. The van der Waals surface area contributed by atoms with Gasteiger partial charge in [-0.05, 0) is 104 Å². The predicted octanol–water partition coefficient (Wildman–Crippen LogP) is 5.57. The zero-order chi connectivity index (χ0) is 27.2. The van der Waals surface area contributed by atoms with Gasteiger partial charge in [-0.15, -0.1) is 0 Å². The summed E-state index contributed by atoms with van der Waals surface area (Å²) in [4.78, 5) is 34.9. The lowest BCUT2D eigenvalue weighted by Crippen LogP contribution is -2.40. The normalized spacial score (nSPS) is 18.1. The van der Waals surface area contributed by atoms with Crippen LogP contribution < -0.4 is 9.47 Å². The topological polar surface area (TPSA) is 80.7 Å². The van der Waals surface area contributed by atoms with Crippen LogP contribution in [0.25, 0.3) is 6.08 Å². The molecule has 0 bridgehead atoms. The van der Waals surface area contributed by atoms with Gasteiger partial charge >= 0.3 is 0 Å². The summed E-state index contributed by atoms with van der Waals surface area (Å²) in [5, 5.41) is 0.583. The molecular weight excluding hydrogens is 617 g/mol. The number of aliphatic imine (C=N–C) groups is 1. The third kappa shape index (κ3) is 6.70. The number of carbonyl (C=O) groups excluding carboxylic acids is 2.